The molecule has 1 heterocycles. The Balaban J connectivity index is 2.43. The number of carbonyl (C=O) groups excluding carboxylic acids is 1. The van der Waals surface area contributed by atoms with E-state index in [9.17, 15) is 17.8 Å². The molecule has 1 aromatic heterocycles. The van der Waals surface area contributed by atoms with Gasteiger partial charge in [0.25, 0.3) is 12.3 Å². The molecule has 0 spiro atoms. The first-order valence-corrected chi connectivity index (χ1v) is 7.37. The molecule has 2 aromatic rings. The largest absolute Gasteiger partial charge is 0.411 e. The number of halogens is 3. The van der Waals surface area contributed by atoms with Gasteiger partial charge in [0.15, 0.2) is 0 Å². The van der Waals surface area contributed by atoms with Gasteiger partial charge in [0.1, 0.15) is 0 Å². The van der Waals surface area contributed by atoms with Crippen molar-refractivity contribution in [2.75, 3.05) is 11.6 Å². The summed E-state index contributed by atoms with van der Waals surface area (Å²) in [4.78, 5) is 11.7. The molecule has 0 aliphatic rings. The van der Waals surface area contributed by atoms with Gasteiger partial charge >= 0.3 is 6.01 Å². The van der Waals surface area contributed by atoms with E-state index in [2.05, 4.69) is 15.5 Å². The van der Waals surface area contributed by atoms with E-state index in [0.717, 1.165) is 18.5 Å². The maximum Gasteiger partial charge on any atom is 0.322 e. The van der Waals surface area contributed by atoms with Crippen molar-refractivity contribution in [3.63, 3.8) is 0 Å². The third-order valence-electron chi connectivity index (χ3n) is 2.48. The standard InChI is InChI=1S/C11H8ClF2N3O3S/c1-21(19)8-6(9(13)14)3-2-5(7(8)12)10(18)16-11-17-15-4-20-11/h2-4,9H,1H3,(H,16,17,18). The predicted octanol–water partition coefficient (Wildman–Crippen LogP) is 2.65. The zero-order valence-electron chi connectivity index (χ0n) is 10.5. The molecule has 2 rings (SSSR count). The Morgan fingerprint density at radius 3 is 2.71 bits per heavy atom. The van der Waals surface area contributed by atoms with E-state index >= 15 is 0 Å². The molecule has 10 heteroatoms. The first kappa shape index (κ1) is 15.5. The quantitative estimate of drug-likeness (QED) is 0.928. The summed E-state index contributed by atoms with van der Waals surface area (Å²) < 4.78 is 42.1. The molecule has 1 aromatic carbocycles. The number of benzene rings is 1. The van der Waals surface area contributed by atoms with Gasteiger partial charge in [-0.25, -0.2) is 8.78 Å². The van der Waals surface area contributed by atoms with Gasteiger partial charge in [-0.05, 0) is 6.07 Å². The minimum atomic E-state index is -2.85. The monoisotopic (exact) mass is 335 g/mol. The van der Waals surface area contributed by atoms with E-state index in [1.54, 1.807) is 0 Å². The predicted molar refractivity (Wildman–Crippen MR) is 71.0 cm³/mol. The van der Waals surface area contributed by atoms with E-state index in [1.165, 1.54) is 6.26 Å². The highest BCUT2D eigenvalue weighted by molar-refractivity contribution is 7.84. The van der Waals surface area contributed by atoms with Crippen molar-refractivity contribution in [3.05, 3.63) is 34.7 Å². The number of nitrogens with zero attached hydrogens (tertiary/aromatic N) is 2. The van der Waals surface area contributed by atoms with Gasteiger partial charge in [-0.15, -0.1) is 5.10 Å². The molecule has 0 bridgehead atoms. The molecule has 1 unspecified atom stereocenters. The lowest BCUT2D eigenvalue weighted by atomic mass is 10.1. The molecule has 1 amide bonds. The average Bonchev–Trinajstić information content (AvgIpc) is 2.90. The van der Waals surface area contributed by atoms with Gasteiger partial charge < -0.3 is 4.42 Å². The third-order valence-corrected chi connectivity index (χ3v) is 3.99. The molecule has 6 nitrogen and oxygen atoms in total. The van der Waals surface area contributed by atoms with Crippen LogP contribution >= 0.6 is 11.6 Å². The second-order valence-electron chi connectivity index (χ2n) is 3.80. The Hall–Kier alpha value is -1.87. The van der Waals surface area contributed by atoms with Crippen molar-refractivity contribution >= 4 is 34.3 Å². The fraction of sp³-hybridized carbons (Fsp3) is 0.182. The SMILES string of the molecule is CS(=O)c1c(C(F)F)ccc(C(=O)Nc2nnco2)c1Cl. The number of nitrogens with one attached hydrogen (secondary N) is 1. The Morgan fingerprint density at radius 1 is 1.48 bits per heavy atom. The van der Waals surface area contributed by atoms with E-state index in [0.29, 0.717) is 0 Å². The van der Waals surface area contributed by atoms with Crippen LogP contribution in [-0.4, -0.2) is 26.6 Å². The number of alkyl halides is 2. The summed E-state index contributed by atoms with van der Waals surface area (Å²) in [5.41, 5.74) is -0.598. The van der Waals surface area contributed by atoms with E-state index in [4.69, 9.17) is 16.0 Å². The number of hydrogen-bond donors (Lipinski definition) is 1. The lowest BCUT2D eigenvalue weighted by Crippen LogP contribution is -2.14. The van der Waals surface area contributed by atoms with E-state index < -0.39 is 28.7 Å². The first-order chi connectivity index (χ1) is 9.91. The minimum absolute atomic E-state index is 0.121. The van der Waals surface area contributed by atoms with Crippen LogP contribution in [0.25, 0.3) is 0 Å². The average molecular weight is 336 g/mol. The van der Waals surface area contributed by atoms with Crippen LogP contribution in [0.2, 0.25) is 5.02 Å². The molecular weight excluding hydrogens is 328 g/mol. The van der Waals surface area contributed by atoms with Gasteiger partial charge in [-0.3, -0.25) is 14.3 Å². The van der Waals surface area contributed by atoms with Crippen LogP contribution in [0, 0.1) is 0 Å². The third kappa shape index (κ3) is 3.24. The lowest BCUT2D eigenvalue weighted by molar-refractivity contribution is 0.102. The van der Waals surface area contributed by atoms with E-state index in [1.807, 2.05) is 0 Å². The summed E-state index contributed by atoms with van der Waals surface area (Å²) >= 11 is 5.93. The smallest absolute Gasteiger partial charge is 0.322 e. The molecule has 0 radical (unpaired) electrons. The summed E-state index contributed by atoms with van der Waals surface area (Å²) in [6, 6.07) is 1.95. The van der Waals surface area contributed by atoms with Crippen molar-refractivity contribution in [3.8, 4) is 0 Å². The number of amides is 1. The fourth-order valence-electron chi connectivity index (χ4n) is 1.60. The Morgan fingerprint density at radius 2 is 2.19 bits per heavy atom. The summed E-state index contributed by atoms with van der Waals surface area (Å²) in [5.74, 6) is -0.739. The van der Waals surface area contributed by atoms with Crippen molar-refractivity contribution in [2.24, 2.45) is 0 Å². The Bertz CT molecular complexity index is 694. The topological polar surface area (TPSA) is 85.1 Å². The Labute approximate surface area is 125 Å². The lowest BCUT2D eigenvalue weighted by Gasteiger charge is -2.12. The van der Waals surface area contributed by atoms with Crippen LogP contribution in [0.4, 0.5) is 14.8 Å². The van der Waals surface area contributed by atoms with Crippen molar-refractivity contribution in [1.29, 1.82) is 0 Å². The summed E-state index contributed by atoms with van der Waals surface area (Å²) in [5, 5.41) is 8.75. The molecule has 0 fully saturated rings. The minimum Gasteiger partial charge on any atom is -0.411 e. The van der Waals surface area contributed by atoms with Gasteiger partial charge in [0, 0.05) is 11.8 Å². The highest BCUT2D eigenvalue weighted by Gasteiger charge is 2.24. The number of anilines is 1. The maximum absolute atomic E-state index is 12.9. The summed E-state index contributed by atoms with van der Waals surface area (Å²) in [6.45, 7) is 0. The number of rotatable bonds is 4. The molecule has 21 heavy (non-hydrogen) atoms. The highest BCUT2D eigenvalue weighted by Crippen LogP contribution is 2.33. The molecule has 0 saturated carbocycles. The highest BCUT2D eigenvalue weighted by atomic mass is 35.5. The zero-order chi connectivity index (χ0) is 15.6. The van der Waals surface area contributed by atoms with Crippen LogP contribution in [-0.2, 0) is 10.8 Å². The number of aromatic nitrogens is 2. The molecule has 0 saturated heterocycles. The van der Waals surface area contributed by atoms with Crippen LogP contribution in [0.15, 0.2) is 27.8 Å². The number of carbonyl (C=O) groups is 1. The van der Waals surface area contributed by atoms with Crippen LogP contribution in [0.3, 0.4) is 0 Å². The fourth-order valence-corrected chi connectivity index (χ4v) is 3.04. The van der Waals surface area contributed by atoms with E-state index in [-0.39, 0.29) is 21.5 Å². The second-order valence-corrected chi connectivity index (χ2v) is 5.49. The van der Waals surface area contributed by atoms with Gasteiger partial charge in [-0.1, -0.05) is 22.8 Å². The molecule has 0 aliphatic carbocycles. The maximum atomic E-state index is 12.9. The molecule has 112 valence electrons. The van der Waals surface area contributed by atoms with Gasteiger partial charge in [0.05, 0.1) is 26.3 Å². The van der Waals surface area contributed by atoms with Crippen molar-refractivity contribution in [1.82, 2.24) is 10.2 Å². The molecule has 0 aliphatic heterocycles. The van der Waals surface area contributed by atoms with Crippen molar-refractivity contribution < 1.29 is 22.2 Å². The summed E-state index contributed by atoms with van der Waals surface area (Å²) in [6.07, 6.45) is -0.648. The number of hydrogen-bond acceptors (Lipinski definition) is 5. The second kappa shape index (κ2) is 6.27. The zero-order valence-corrected chi connectivity index (χ0v) is 12.0. The van der Waals surface area contributed by atoms with Crippen molar-refractivity contribution in [2.45, 2.75) is 11.3 Å². The first-order valence-electron chi connectivity index (χ1n) is 5.43. The van der Waals surface area contributed by atoms with Gasteiger partial charge in [0.2, 0.25) is 6.39 Å². The molecular formula is C11H8ClF2N3O3S. The van der Waals surface area contributed by atoms with Crippen LogP contribution in [0.5, 0.6) is 0 Å². The van der Waals surface area contributed by atoms with Crippen LogP contribution < -0.4 is 5.32 Å². The molecule has 1 atom stereocenters. The summed E-state index contributed by atoms with van der Waals surface area (Å²) in [7, 11) is -1.78. The van der Waals surface area contributed by atoms with Gasteiger partial charge in [-0.2, -0.15) is 0 Å². The molecule has 1 N–H and O–H groups in total. The normalized spacial score (nSPS) is 12.4. The Kier molecular flexibility index (Phi) is 4.63. The van der Waals surface area contributed by atoms with Crippen LogP contribution in [0.1, 0.15) is 22.3 Å².